The van der Waals surface area contributed by atoms with Crippen LogP contribution in [0.2, 0.25) is 6.04 Å². The molecule has 0 atom stereocenters. The van der Waals surface area contributed by atoms with Gasteiger partial charge in [-0.1, -0.05) is 0 Å². The van der Waals surface area contributed by atoms with Crippen molar-refractivity contribution in [2.75, 3.05) is 6.61 Å². The Balaban J connectivity index is 3.04. The molecule has 0 aliphatic rings. The summed E-state index contributed by atoms with van der Waals surface area (Å²) in [6.45, 7) is 2.34. The van der Waals surface area contributed by atoms with Crippen molar-refractivity contribution in [1.29, 1.82) is 0 Å². The lowest BCUT2D eigenvalue weighted by Crippen LogP contribution is -2.09. The maximum absolute atomic E-state index is 11.4. The predicted octanol–water partition coefficient (Wildman–Crippen LogP) is 1.48. The second kappa shape index (κ2) is 4.73. The number of hydrogen-bond acceptors (Lipinski definition) is 1. The van der Waals surface area contributed by atoms with E-state index >= 15 is 0 Å². The lowest BCUT2D eigenvalue weighted by Gasteiger charge is -2.04. The average Bonchev–Trinajstić information content (AvgIpc) is 1.78. The summed E-state index contributed by atoms with van der Waals surface area (Å²) in [6, 6.07) is 0.206. The number of rotatable bonds is 4. The Morgan fingerprint density at radius 2 is 2.00 bits per heavy atom. The third-order valence-corrected chi connectivity index (χ3v) is 2.29. The zero-order valence-corrected chi connectivity index (χ0v) is 7.28. The van der Waals surface area contributed by atoms with Gasteiger partial charge in [-0.3, -0.25) is 0 Å². The molecule has 0 saturated carbocycles. The molecule has 0 aliphatic heterocycles. The van der Waals surface area contributed by atoms with Crippen LogP contribution in [0.3, 0.4) is 0 Å². The molecule has 0 aromatic rings. The van der Waals surface area contributed by atoms with Crippen LogP contribution in [0, 0.1) is 0 Å². The monoisotopic (exact) mass is 172 g/mol. The van der Waals surface area contributed by atoms with E-state index in [0.29, 0.717) is 6.61 Å². The van der Waals surface area contributed by atoms with E-state index in [1.165, 1.54) is 0 Å². The van der Waals surface area contributed by atoms with E-state index in [2.05, 4.69) is 0 Å². The Labute approximate surface area is 60.5 Å². The molecule has 0 radical (unpaired) electrons. The molecule has 0 saturated heterocycles. The first kappa shape index (κ1) is 9.97. The summed E-state index contributed by atoms with van der Waals surface area (Å²) in [7, 11) is -0.889. The zero-order valence-electron chi connectivity index (χ0n) is 5.87. The summed E-state index contributed by atoms with van der Waals surface area (Å²) >= 11 is 0. The third-order valence-electron chi connectivity index (χ3n) is 0.953. The van der Waals surface area contributed by atoms with Crippen LogP contribution in [0.1, 0.15) is 13.3 Å². The van der Waals surface area contributed by atoms with Gasteiger partial charge < -0.3 is 4.43 Å². The summed E-state index contributed by atoms with van der Waals surface area (Å²) < 4.78 is 39.2. The van der Waals surface area contributed by atoms with Gasteiger partial charge in [-0.05, 0) is 13.0 Å². The summed E-state index contributed by atoms with van der Waals surface area (Å²) in [6.07, 6.45) is -4.68. The molecule has 0 spiro atoms. The molecule has 62 valence electrons. The van der Waals surface area contributed by atoms with Gasteiger partial charge in [0.2, 0.25) is 0 Å². The van der Waals surface area contributed by atoms with Crippen molar-refractivity contribution in [3.8, 4) is 0 Å². The van der Waals surface area contributed by atoms with Gasteiger partial charge in [-0.2, -0.15) is 13.2 Å². The van der Waals surface area contributed by atoms with Gasteiger partial charge in [0.1, 0.15) is 0 Å². The van der Waals surface area contributed by atoms with Crippen molar-refractivity contribution in [3.63, 3.8) is 0 Å². The van der Waals surface area contributed by atoms with E-state index in [1.807, 2.05) is 0 Å². The average molecular weight is 172 g/mol. The summed E-state index contributed by atoms with van der Waals surface area (Å²) in [5, 5.41) is 0. The molecular weight excluding hydrogens is 161 g/mol. The van der Waals surface area contributed by atoms with Gasteiger partial charge in [0.05, 0.1) is 0 Å². The third kappa shape index (κ3) is 7.97. The number of alkyl halides is 3. The van der Waals surface area contributed by atoms with Gasteiger partial charge >= 0.3 is 6.18 Å². The second-order valence-electron chi connectivity index (χ2n) is 1.92. The summed E-state index contributed by atoms with van der Waals surface area (Å²) in [5.74, 6) is 0. The van der Waals surface area contributed by atoms with Crippen molar-refractivity contribution < 1.29 is 17.6 Å². The highest BCUT2D eigenvalue weighted by atomic mass is 28.2. The molecule has 0 aliphatic carbocycles. The van der Waals surface area contributed by atoms with E-state index in [1.54, 1.807) is 6.92 Å². The largest absolute Gasteiger partial charge is 0.424 e. The Hall–Kier alpha value is -0.0331. The minimum atomic E-state index is -4.00. The van der Waals surface area contributed by atoms with E-state index in [9.17, 15) is 13.2 Å². The zero-order chi connectivity index (χ0) is 8.04. The Kier molecular flexibility index (Phi) is 4.72. The first-order valence-corrected chi connectivity index (χ1v) is 4.78. The van der Waals surface area contributed by atoms with Crippen LogP contribution in [0.5, 0.6) is 0 Å². The fraction of sp³-hybridized carbons (Fsp3) is 1.00. The van der Waals surface area contributed by atoms with Gasteiger partial charge in [-0.25, -0.2) is 0 Å². The first-order valence-electron chi connectivity index (χ1n) is 3.20. The fourth-order valence-electron chi connectivity index (χ4n) is 0.519. The maximum Gasteiger partial charge on any atom is 0.388 e. The van der Waals surface area contributed by atoms with Crippen molar-refractivity contribution in [3.05, 3.63) is 0 Å². The quantitative estimate of drug-likeness (QED) is 0.461. The molecule has 1 nitrogen and oxygen atoms in total. The normalized spacial score (nSPS) is 13.2. The van der Waals surface area contributed by atoms with Gasteiger partial charge in [-0.15, -0.1) is 0 Å². The molecule has 0 fully saturated rings. The predicted molar refractivity (Wildman–Crippen MR) is 35.6 cm³/mol. The molecule has 0 unspecified atom stereocenters. The van der Waals surface area contributed by atoms with E-state index in [-0.39, 0.29) is 6.04 Å². The Morgan fingerprint density at radius 3 is 2.40 bits per heavy atom. The van der Waals surface area contributed by atoms with Crippen LogP contribution in [-0.4, -0.2) is 22.5 Å². The van der Waals surface area contributed by atoms with E-state index < -0.39 is 22.4 Å². The number of halogens is 3. The Bertz CT molecular complexity index is 83.5. The minimum absolute atomic E-state index is 0.206. The topological polar surface area (TPSA) is 9.23 Å². The molecule has 10 heavy (non-hydrogen) atoms. The molecule has 0 heterocycles. The lowest BCUT2D eigenvalue weighted by atomic mass is 10.5. The van der Waals surface area contributed by atoms with Crippen molar-refractivity contribution >= 4 is 9.76 Å². The van der Waals surface area contributed by atoms with Crippen molar-refractivity contribution in [1.82, 2.24) is 0 Å². The van der Waals surface area contributed by atoms with Gasteiger partial charge in [0.25, 0.3) is 0 Å². The minimum Gasteiger partial charge on any atom is -0.424 e. The van der Waals surface area contributed by atoms with Crippen LogP contribution >= 0.6 is 0 Å². The van der Waals surface area contributed by atoms with Crippen LogP contribution in [0.4, 0.5) is 13.2 Å². The highest BCUT2D eigenvalue weighted by molar-refractivity contribution is 6.26. The standard InChI is InChI=1S/C5H11F3OSi/c1-2-9-10-4-3-5(6,7)8/h2-4,10H2,1H3. The molecule has 5 heteroatoms. The molecule has 0 bridgehead atoms. The second-order valence-corrected chi connectivity index (χ2v) is 3.44. The Morgan fingerprint density at radius 1 is 1.40 bits per heavy atom. The van der Waals surface area contributed by atoms with Crippen LogP contribution in [0.15, 0.2) is 0 Å². The van der Waals surface area contributed by atoms with Crippen LogP contribution < -0.4 is 0 Å². The summed E-state index contributed by atoms with van der Waals surface area (Å²) in [5.41, 5.74) is 0. The summed E-state index contributed by atoms with van der Waals surface area (Å²) in [4.78, 5) is 0. The SMILES string of the molecule is CCO[SiH2]CCC(F)(F)F. The van der Waals surface area contributed by atoms with Crippen molar-refractivity contribution in [2.45, 2.75) is 25.6 Å². The molecule has 0 amide bonds. The smallest absolute Gasteiger partial charge is 0.388 e. The maximum atomic E-state index is 11.4. The molecule has 0 aromatic heterocycles. The van der Waals surface area contributed by atoms with E-state index in [0.717, 1.165) is 0 Å². The van der Waals surface area contributed by atoms with Gasteiger partial charge in [0, 0.05) is 13.0 Å². The van der Waals surface area contributed by atoms with Gasteiger partial charge in [0.15, 0.2) is 9.76 Å². The highest BCUT2D eigenvalue weighted by Crippen LogP contribution is 2.20. The molecular formula is C5H11F3OSi. The fourth-order valence-corrected chi connectivity index (χ4v) is 1.56. The van der Waals surface area contributed by atoms with Crippen molar-refractivity contribution in [2.24, 2.45) is 0 Å². The highest BCUT2D eigenvalue weighted by Gasteiger charge is 2.25. The first-order chi connectivity index (χ1) is 4.56. The van der Waals surface area contributed by atoms with E-state index in [4.69, 9.17) is 4.43 Å². The molecule has 0 aromatic carbocycles. The lowest BCUT2D eigenvalue weighted by molar-refractivity contribution is -0.130. The number of hydrogen-bond donors (Lipinski definition) is 0. The van der Waals surface area contributed by atoms with Crippen LogP contribution in [0.25, 0.3) is 0 Å². The van der Waals surface area contributed by atoms with Crippen LogP contribution in [-0.2, 0) is 4.43 Å². The molecule has 0 N–H and O–H groups in total. The molecule has 0 rings (SSSR count).